The predicted molar refractivity (Wildman–Crippen MR) is 78.6 cm³/mol. The van der Waals surface area contributed by atoms with Gasteiger partial charge in [0, 0.05) is 6.42 Å². The molecule has 1 aromatic heterocycles. The lowest BCUT2D eigenvalue weighted by Gasteiger charge is -2.05. The minimum absolute atomic E-state index is 0.0712. The molecule has 0 atom stereocenters. The maximum atomic E-state index is 11.8. The van der Waals surface area contributed by atoms with Crippen LogP contribution in [0.25, 0.3) is 0 Å². The van der Waals surface area contributed by atoms with E-state index >= 15 is 0 Å². The van der Waals surface area contributed by atoms with Crippen LogP contribution < -0.4 is 15.8 Å². The molecule has 0 radical (unpaired) electrons. The highest BCUT2D eigenvalue weighted by atomic mass is 16.5. The summed E-state index contributed by atoms with van der Waals surface area (Å²) >= 11 is 0. The Bertz CT molecular complexity index is 565. The highest BCUT2D eigenvalue weighted by Gasteiger charge is 2.04. The lowest BCUT2D eigenvalue weighted by atomic mass is 10.1. The molecule has 0 aliphatic heterocycles. The van der Waals surface area contributed by atoms with Gasteiger partial charge < -0.3 is 15.8 Å². The average molecular weight is 271 g/mol. The molecule has 0 aliphatic rings. The van der Waals surface area contributed by atoms with Crippen LogP contribution in [0.1, 0.15) is 12.0 Å². The Hall–Kier alpha value is -2.56. The van der Waals surface area contributed by atoms with Crippen LogP contribution in [0.2, 0.25) is 0 Å². The normalized spacial score (nSPS) is 10.1. The molecule has 0 saturated heterocycles. The molecule has 1 heterocycles. The highest BCUT2D eigenvalue weighted by molar-refractivity contribution is 5.89. The topological polar surface area (TPSA) is 77.2 Å². The SMILES string of the molecule is COc1ccc(CCC(=O)Nc2ccc(N)cn2)cc1. The van der Waals surface area contributed by atoms with E-state index in [0.29, 0.717) is 24.3 Å². The Balaban J connectivity index is 1.83. The van der Waals surface area contributed by atoms with Crippen LogP contribution in [0.3, 0.4) is 0 Å². The Kier molecular flexibility index (Phi) is 4.55. The minimum atomic E-state index is -0.0712. The molecule has 0 unspecified atom stereocenters. The minimum Gasteiger partial charge on any atom is -0.497 e. The Morgan fingerprint density at radius 2 is 2.00 bits per heavy atom. The summed E-state index contributed by atoms with van der Waals surface area (Å²) in [4.78, 5) is 15.8. The van der Waals surface area contributed by atoms with E-state index in [-0.39, 0.29) is 5.91 Å². The van der Waals surface area contributed by atoms with Crippen LogP contribution in [-0.4, -0.2) is 18.0 Å². The molecular weight excluding hydrogens is 254 g/mol. The van der Waals surface area contributed by atoms with Gasteiger partial charge in [-0.1, -0.05) is 12.1 Å². The summed E-state index contributed by atoms with van der Waals surface area (Å²) in [6.45, 7) is 0. The molecule has 5 nitrogen and oxygen atoms in total. The van der Waals surface area contributed by atoms with Crippen LogP contribution in [-0.2, 0) is 11.2 Å². The maximum absolute atomic E-state index is 11.8. The summed E-state index contributed by atoms with van der Waals surface area (Å²) in [5.41, 5.74) is 7.19. The van der Waals surface area contributed by atoms with Gasteiger partial charge in [-0.2, -0.15) is 0 Å². The molecule has 3 N–H and O–H groups in total. The third-order valence-electron chi connectivity index (χ3n) is 2.85. The van der Waals surface area contributed by atoms with Crippen molar-refractivity contribution >= 4 is 17.4 Å². The number of ether oxygens (including phenoxy) is 1. The first-order valence-electron chi connectivity index (χ1n) is 6.31. The maximum Gasteiger partial charge on any atom is 0.225 e. The number of aryl methyl sites for hydroxylation is 1. The van der Waals surface area contributed by atoms with E-state index in [2.05, 4.69) is 10.3 Å². The standard InChI is InChI=1S/C15H17N3O2/c1-20-13-6-2-11(3-7-13)4-9-15(19)18-14-8-5-12(16)10-17-14/h2-3,5-8,10H,4,9,16H2,1H3,(H,17,18,19). The summed E-state index contributed by atoms with van der Waals surface area (Å²) in [6, 6.07) is 11.1. The lowest BCUT2D eigenvalue weighted by Crippen LogP contribution is -2.13. The first kappa shape index (κ1) is 13.9. The van der Waals surface area contributed by atoms with E-state index < -0.39 is 0 Å². The number of hydrogen-bond donors (Lipinski definition) is 2. The van der Waals surface area contributed by atoms with E-state index in [4.69, 9.17) is 10.5 Å². The van der Waals surface area contributed by atoms with Crippen LogP contribution in [0.15, 0.2) is 42.6 Å². The number of benzene rings is 1. The van der Waals surface area contributed by atoms with Crippen LogP contribution >= 0.6 is 0 Å². The first-order chi connectivity index (χ1) is 9.67. The van der Waals surface area contributed by atoms with Crippen molar-refractivity contribution in [1.29, 1.82) is 0 Å². The quantitative estimate of drug-likeness (QED) is 0.874. The van der Waals surface area contributed by atoms with Gasteiger partial charge >= 0.3 is 0 Å². The number of carbonyl (C=O) groups excluding carboxylic acids is 1. The van der Waals surface area contributed by atoms with Crippen molar-refractivity contribution in [1.82, 2.24) is 4.98 Å². The van der Waals surface area contributed by atoms with Gasteiger partial charge in [0.2, 0.25) is 5.91 Å². The Morgan fingerprint density at radius 1 is 1.25 bits per heavy atom. The molecule has 0 fully saturated rings. The smallest absolute Gasteiger partial charge is 0.225 e. The van der Waals surface area contributed by atoms with E-state index in [1.807, 2.05) is 24.3 Å². The number of anilines is 2. The van der Waals surface area contributed by atoms with Crippen molar-refractivity contribution in [2.75, 3.05) is 18.2 Å². The van der Waals surface area contributed by atoms with Crippen LogP contribution in [0.4, 0.5) is 11.5 Å². The third kappa shape index (κ3) is 3.98. The van der Waals surface area contributed by atoms with Crippen molar-refractivity contribution in [2.45, 2.75) is 12.8 Å². The molecule has 2 aromatic rings. The number of hydrogen-bond acceptors (Lipinski definition) is 4. The highest BCUT2D eigenvalue weighted by Crippen LogP contribution is 2.13. The second kappa shape index (κ2) is 6.56. The van der Waals surface area contributed by atoms with Gasteiger partial charge in [0.1, 0.15) is 11.6 Å². The average Bonchev–Trinajstić information content (AvgIpc) is 2.48. The zero-order chi connectivity index (χ0) is 14.4. The van der Waals surface area contributed by atoms with Crippen LogP contribution in [0, 0.1) is 0 Å². The van der Waals surface area contributed by atoms with Crippen molar-refractivity contribution < 1.29 is 9.53 Å². The largest absolute Gasteiger partial charge is 0.497 e. The van der Waals surface area contributed by atoms with Gasteiger partial charge in [-0.05, 0) is 36.2 Å². The number of carbonyl (C=O) groups is 1. The molecule has 1 aromatic carbocycles. The third-order valence-corrected chi connectivity index (χ3v) is 2.85. The summed E-state index contributed by atoms with van der Waals surface area (Å²) in [7, 11) is 1.63. The number of rotatable bonds is 5. The molecule has 104 valence electrons. The summed E-state index contributed by atoms with van der Waals surface area (Å²) < 4.78 is 5.09. The number of nitrogens with one attached hydrogen (secondary N) is 1. The van der Waals surface area contributed by atoms with Crippen molar-refractivity contribution in [2.24, 2.45) is 0 Å². The van der Waals surface area contributed by atoms with Gasteiger partial charge in [0.15, 0.2) is 0 Å². The Labute approximate surface area is 117 Å². The molecule has 0 aliphatic carbocycles. The van der Waals surface area contributed by atoms with Gasteiger partial charge in [0.25, 0.3) is 0 Å². The number of pyridine rings is 1. The lowest BCUT2D eigenvalue weighted by molar-refractivity contribution is -0.116. The van der Waals surface area contributed by atoms with Gasteiger partial charge in [-0.15, -0.1) is 0 Å². The van der Waals surface area contributed by atoms with Crippen molar-refractivity contribution in [3.8, 4) is 5.75 Å². The fourth-order valence-electron chi connectivity index (χ4n) is 1.73. The molecule has 0 bridgehead atoms. The molecular formula is C15H17N3O2. The van der Waals surface area contributed by atoms with Crippen LogP contribution in [0.5, 0.6) is 5.75 Å². The van der Waals surface area contributed by atoms with E-state index in [1.165, 1.54) is 6.20 Å². The van der Waals surface area contributed by atoms with Gasteiger partial charge in [0.05, 0.1) is 19.0 Å². The van der Waals surface area contributed by atoms with E-state index in [9.17, 15) is 4.79 Å². The number of nitrogens with zero attached hydrogens (tertiary/aromatic N) is 1. The molecule has 1 amide bonds. The van der Waals surface area contributed by atoms with Crippen molar-refractivity contribution in [3.05, 3.63) is 48.2 Å². The first-order valence-corrected chi connectivity index (χ1v) is 6.31. The molecule has 0 spiro atoms. The molecule has 0 saturated carbocycles. The zero-order valence-corrected chi connectivity index (χ0v) is 11.3. The number of amides is 1. The van der Waals surface area contributed by atoms with Crippen molar-refractivity contribution in [3.63, 3.8) is 0 Å². The summed E-state index contributed by atoms with van der Waals surface area (Å²) in [5.74, 6) is 1.25. The molecule has 5 heteroatoms. The number of nitrogen functional groups attached to an aromatic ring is 1. The summed E-state index contributed by atoms with van der Waals surface area (Å²) in [6.07, 6.45) is 2.59. The summed E-state index contributed by atoms with van der Waals surface area (Å²) in [5, 5.41) is 2.73. The van der Waals surface area contributed by atoms with E-state index in [0.717, 1.165) is 11.3 Å². The fourth-order valence-corrected chi connectivity index (χ4v) is 1.73. The van der Waals surface area contributed by atoms with Gasteiger partial charge in [-0.3, -0.25) is 4.79 Å². The number of aromatic nitrogens is 1. The van der Waals surface area contributed by atoms with Gasteiger partial charge in [-0.25, -0.2) is 4.98 Å². The van der Waals surface area contributed by atoms with E-state index in [1.54, 1.807) is 19.2 Å². The monoisotopic (exact) mass is 271 g/mol. The zero-order valence-electron chi connectivity index (χ0n) is 11.3. The second-order valence-electron chi connectivity index (χ2n) is 4.37. The number of nitrogens with two attached hydrogens (primary N) is 1. The predicted octanol–water partition coefficient (Wildman–Crippen LogP) is 2.24. The fraction of sp³-hybridized carbons (Fsp3) is 0.200. The number of methoxy groups -OCH3 is 1. The molecule has 20 heavy (non-hydrogen) atoms. The second-order valence-corrected chi connectivity index (χ2v) is 4.37. The molecule has 2 rings (SSSR count). The Morgan fingerprint density at radius 3 is 2.60 bits per heavy atom.